The highest BCUT2D eigenvalue weighted by Gasteiger charge is 2.16. The van der Waals surface area contributed by atoms with Crippen LogP contribution in [0.1, 0.15) is 0 Å². The van der Waals surface area contributed by atoms with Gasteiger partial charge in [0.25, 0.3) is 0 Å². The maximum Gasteiger partial charge on any atom is 0.165 e. The number of aromatic nitrogens is 4. The molecule has 0 bridgehead atoms. The average molecular weight is 333 g/mol. The zero-order chi connectivity index (χ0) is 16.3. The van der Waals surface area contributed by atoms with Crippen molar-refractivity contribution < 1.29 is 5.11 Å². The monoisotopic (exact) mass is 333 g/mol. The first-order valence-electron chi connectivity index (χ1n) is 7.34. The lowest BCUT2D eigenvalue weighted by atomic mass is 10.1. The maximum absolute atomic E-state index is 10.3. The van der Waals surface area contributed by atoms with Gasteiger partial charge >= 0.3 is 0 Å². The third-order valence-electron chi connectivity index (χ3n) is 4.14. The van der Waals surface area contributed by atoms with Gasteiger partial charge in [-0.1, -0.05) is 24.3 Å². The number of para-hydroxylation sites is 1. The molecule has 3 heterocycles. The van der Waals surface area contributed by atoms with Crippen molar-refractivity contribution in [2.45, 2.75) is 0 Å². The average Bonchev–Trinajstić information content (AvgIpc) is 3.13. The van der Waals surface area contributed by atoms with Gasteiger partial charge in [0.05, 0.1) is 15.7 Å². The summed E-state index contributed by atoms with van der Waals surface area (Å²) in [6, 6.07) is 15.3. The van der Waals surface area contributed by atoms with Gasteiger partial charge in [-0.15, -0.1) is 10.2 Å². The van der Waals surface area contributed by atoms with E-state index in [4.69, 9.17) is 5.73 Å². The van der Waals surface area contributed by atoms with Crippen molar-refractivity contribution in [1.29, 1.82) is 0 Å². The smallest absolute Gasteiger partial charge is 0.165 e. The summed E-state index contributed by atoms with van der Waals surface area (Å²) in [5.41, 5.74) is 8.26. The number of fused-ring (bicyclic) bond motifs is 4. The second-order valence-corrected chi connectivity index (χ2v) is 6.31. The summed E-state index contributed by atoms with van der Waals surface area (Å²) in [6.45, 7) is 0. The highest BCUT2D eigenvalue weighted by atomic mass is 32.1. The van der Waals surface area contributed by atoms with Crippen molar-refractivity contribution in [3.05, 3.63) is 48.5 Å². The Morgan fingerprint density at radius 1 is 1.00 bits per heavy atom. The Morgan fingerprint density at radius 3 is 2.75 bits per heavy atom. The number of aromatic hydroxyl groups is 1. The topological polar surface area (TPSA) is 89.8 Å². The highest BCUT2D eigenvalue weighted by molar-refractivity contribution is 7.13. The van der Waals surface area contributed by atoms with E-state index in [1.807, 2.05) is 47.0 Å². The molecule has 2 aromatic carbocycles. The van der Waals surface area contributed by atoms with Gasteiger partial charge < -0.3 is 10.8 Å². The predicted molar refractivity (Wildman–Crippen MR) is 95.6 cm³/mol. The molecule has 0 aliphatic heterocycles. The van der Waals surface area contributed by atoms with E-state index in [2.05, 4.69) is 14.6 Å². The first-order chi connectivity index (χ1) is 11.7. The number of phenols is 1. The molecule has 6 nitrogen and oxygen atoms in total. The molecule has 3 aromatic heterocycles. The van der Waals surface area contributed by atoms with Crippen molar-refractivity contribution >= 4 is 49.4 Å². The van der Waals surface area contributed by atoms with Gasteiger partial charge in [0.15, 0.2) is 11.6 Å². The van der Waals surface area contributed by atoms with E-state index in [1.165, 1.54) is 11.5 Å². The first-order valence-corrected chi connectivity index (χ1v) is 8.11. The summed E-state index contributed by atoms with van der Waals surface area (Å²) in [4.78, 5) is 0. The Hall–Kier alpha value is -3.19. The van der Waals surface area contributed by atoms with Crippen LogP contribution in [0.25, 0.3) is 37.8 Å². The Balaban J connectivity index is 1.94. The highest BCUT2D eigenvalue weighted by Crippen LogP contribution is 2.37. The Morgan fingerprint density at radius 2 is 1.83 bits per heavy atom. The molecule has 5 rings (SSSR count). The lowest BCUT2D eigenvalue weighted by molar-refractivity contribution is 0.482. The molecule has 7 heteroatoms. The number of hydrogen-bond donors (Lipinski definition) is 2. The molecule has 0 atom stereocenters. The number of benzene rings is 2. The molecule has 0 amide bonds. The molecule has 0 aliphatic rings. The van der Waals surface area contributed by atoms with Crippen LogP contribution in [0.4, 0.5) is 5.82 Å². The molecule has 24 heavy (non-hydrogen) atoms. The van der Waals surface area contributed by atoms with Gasteiger partial charge in [-0.2, -0.15) is 4.37 Å². The van der Waals surface area contributed by atoms with Crippen LogP contribution in [0.15, 0.2) is 48.5 Å². The fourth-order valence-corrected chi connectivity index (χ4v) is 3.78. The van der Waals surface area contributed by atoms with Crippen molar-refractivity contribution in [1.82, 2.24) is 19.1 Å². The van der Waals surface area contributed by atoms with Gasteiger partial charge in [0, 0.05) is 16.8 Å². The van der Waals surface area contributed by atoms with E-state index < -0.39 is 0 Å². The maximum atomic E-state index is 10.3. The van der Waals surface area contributed by atoms with Gasteiger partial charge in [0.2, 0.25) is 0 Å². The molecule has 0 saturated heterocycles. The van der Waals surface area contributed by atoms with E-state index in [0.29, 0.717) is 17.2 Å². The summed E-state index contributed by atoms with van der Waals surface area (Å²) >= 11 is 1.30. The van der Waals surface area contributed by atoms with E-state index in [1.54, 1.807) is 6.07 Å². The second-order valence-electron chi connectivity index (χ2n) is 5.51. The summed E-state index contributed by atoms with van der Waals surface area (Å²) in [7, 11) is 0. The second kappa shape index (κ2) is 4.65. The van der Waals surface area contributed by atoms with Crippen LogP contribution in [0, 0.1) is 0 Å². The van der Waals surface area contributed by atoms with Crippen molar-refractivity contribution in [2.24, 2.45) is 0 Å². The van der Waals surface area contributed by atoms with Crippen LogP contribution in [0.3, 0.4) is 0 Å². The number of nitrogens with two attached hydrogens (primary N) is 1. The number of rotatable bonds is 1. The fourth-order valence-electron chi connectivity index (χ4n) is 3.11. The number of nitrogens with zero attached hydrogens (tertiary/aromatic N) is 4. The van der Waals surface area contributed by atoms with Crippen molar-refractivity contribution in [3.8, 4) is 11.6 Å². The molecule has 0 aliphatic carbocycles. The minimum Gasteiger partial charge on any atom is -0.507 e. The van der Waals surface area contributed by atoms with E-state index in [9.17, 15) is 5.11 Å². The molecule has 3 N–H and O–H groups in total. The molecular formula is C17H11N5OS. The zero-order valence-corrected chi connectivity index (χ0v) is 13.2. The van der Waals surface area contributed by atoms with Gasteiger partial charge in [-0.05, 0) is 29.7 Å². The summed E-state index contributed by atoms with van der Waals surface area (Å²) in [5.74, 6) is 1.32. The third kappa shape index (κ3) is 1.67. The summed E-state index contributed by atoms with van der Waals surface area (Å²) < 4.78 is 7.00. The van der Waals surface area contributed by atoms with Gasteiger partial charge in [0.1, 0.15) is 11.3 Å². The minimum absolute atomic E-state index is 0.249. The number of anilines is 1. The summed E-state index contributed by atoms with van der Waals surface area (Å²) in [5, 5.41) is 20.7. The van der Waals surface area contributed by atoms with Crippen molar-refractivity contribution in [2.75, 3.05) is 5.73 Å². The SMILES string of the molecule is Nc1nsc2cc(-n3c4ccccc4c4c(O)cccc43)nnc12. The molecule has 5 aromatic rings. The van der Waals surface area contributed by atoms with Crippen LogP contribution in [0.5, 0.6) is 5.75 Å². The Labute approximate surface area is 139 Å². The molecule has 0 fully saturated rings. The minimum atomic E-state index is 0.249. The quantitative estimate of drug-likeness (QED) is 0.490. The van der Waals surface area contributed by atoms with Gasteiger partial charge in [-0.3, -0.25) is 4.57 Å². The third-order valence-corrected chi connectivity index (χ3v) is 4.93. The summed E-state index contributed by atoms with van der Waals surface area (Å²) in [6.07, 6.45) is 0. The molecule has 0 unspecified atom stereocenters. The van der Waals surface area contributed by atoms with Crippen LogP contribution in [0.2, 0.25) is 0 Å². The first kappa shape index (κ1) is 13.3. The number of hydrogen-bond acceptors (Lipinski definition) is 6. The standard InChI is InChI=1S/C17H11N5OS/c18-17-16-13(24-21-17)8-14(19-20-16)22-10-5-2-1-4-9(10)15-11(22)6-3-7-12(15)23/h1-8,23H,(H2,18,21). The Bertz CT molecular complexity index is 1240. The largest absolute Gasteiger partial charge is 0.507 e. The van der Waals surface area contributed by atoms with E-state index in [-0.39, 0.29) is 5.75 Å². The van der Waals surface area contributed by atoms with E-state index >= 15 is 0 Å². The number of phenolic OH excluding ortho intramolecular Hbond substituents is 1. The van der Waals surface area contributed by atoms with Crippen LogP contribution >= 0.6 is 11.5 Å². The molecule has 116 valence electrons. The predicted octanol–water partition coefficient (Wildman–Crippen LogP) is 3.47. The number of nitrogen functional groups attached to an aromatic ring is 1. The van der Waals surface area contributed by atoms with Gasteiger partial charge in [-0.25, -0.2) is 0 Å². The lowest BCUT2D eigenvalue weighted by Crippen LogP contribution is -1.99. The molecule has 0 spiro atoms. The molecule has 0 radical (unpaired) electrons. The fraction of sp³-hybridized carbons (Fsp3) is 0. The van der Waals surface area contributed by atoms with Crippen molar-refractivity contribution in [3.63, 3.8) is 0 Å². The normalized spacial score (nSPS) is 11.7. The van der Waals surface area contributed by atoms with E-state index in [0.717, 1.165) is 26.5 Å². The lowest BCUT2D eigenvalue weighted by Gasteiger charge is -2.05. The Kier molecular flexibility index (Phi) is 2.57. The van der Waals surface area contributed by atoms with Crippen LogP contribution in [-0.4, -0.2) is 24.2 Å². The zero-order valence-electron chi connectivity index (χ0n) is 12.3. The van der Waals surface area contributed by atoms with Crippen LogP contribution in [-0.2, 0) is 0 Å². The van der Waals surface area contributed by atoms with Crippen LogP contribution < -0.4 is 5.73 Å². The molecular weight excluding hydrogens is 322 g/mol. The molecule has 0 saturated carbocycles.